The van der Waals surface area contributed by atoms with Crippen LogP contribution in [0.4, 0.5) is 17.2 Å². The van der Waals surface area contributed by atoms with Crippen LogP contribution in [0.25, 0.3) is 22.2 Å². The van der Waals surface area contributed by atoms with Crippen molar-refractivity contribution in [3.05, 3.63) is 66.7 Å². The molecule has 0 atom stereocenters. The van der Waals surface area contributed by atoms with Gasteiger partial charge in [-0.25, -0.2) is 18.4 Å². The van der Waals surface area contributed by atoms with Crippen LogP contribution in [0.1, 0.15) is 5.76 Å². The third-order valence-electron chi connectivity index (χ3n) is 6.04. The summed E-state index contributed by atoms with van der Waals surface area (Å²) in [5.74, 6) is 2.27. The number of hydrogen-bond donors (Lipinski definition) is 2. The molecule has 188 valence electrons. The Kier molecular flexibility index (Phi) is 7.17. The monoisotopic (exact) mass is 507 g/mol. The molecule has 36 heavy (non-hydrogen) atoms. The lowest BCUT2D eigenvalue weighted by molar-refractivity contribution is 0.122. The number of hydrogen-bond acceptors (Lipinski definition) is 9. The van der Waals surface area contributed by atoms with Gasteiger partial charge < -0.3 is 24.7 Å². The third kappa shape index (κ3) is 6.01. The first kappa shape index (κ1) is 24.2. The molecule has 1 aliphatic rings. The van der Waals surface area contributed by atoms with Crippen molar-refractivity contribution < 1.29 is 17.6 Å². The second kappa shape index (κ2) is 10.7. The van der Waals surface area contributed by atoms with Gasteiger partial charge in [0.15, 0.2) is 0 Å². The fourth-order valence-electron chi connectivity index (χ4n) is 4.12. The maximum absolute atomic E-state index is 11.3. The van der Waals surface area contributed by atoms with Crippen LogP contribution in [-0.4, -0.2) is 63.2 Å². The molecule has 0 amide bonds. The molecule has 1 aliphatic heterocycles. The highest BCUT2D eigenvalue weighted by Gasteiger charge is 2.12. The van der Waals surface area contributed by atoms with Gasteiger partial charge in [0.05, 0.1) is 31.0 Å². The highest BCUT2D eigenvalue weighted by atomic mass is 32.2. The van der Waals surface area contributed by atoms with Crippen molar-refractivity contribution in [1.82, 2.24) is 15.3 Å². The van der Waals surface area contributed by atoms with Crippen LogP contribution in [-0.2, 0) is 21.1 Å². The molecule has 1 fully saturated rings. The van der Waals surface area contributed by atoms with Crippen molar-refractivity contribution in [1.29, 1.82) is 0 Å². The van der Waals surface area contributed by atoms with E-state index >= 15 is 0 Å². The summed E-state index contributed by atoms with van der Waals surface area (Å²) in [7, 11) is -2.99. The van der Waals surface area contributed by atoms with E-state index in [-0.39, 0.29) is 5.75 Å². The number of sulfone groups is 1. The Morgan fingerprint density at radius 1 is 1.00 bits per heavy atom. The summed E-state index contributed by atoms with van der Waals surface area (Å²) in [5.41, 5.74) is 3.86. The highest BCUT2D eigenvalue weighted by Crippen LogP contribution is 2.30. The van der Waals surface area contributed by atoms with Gasteiger partial charge in [0.1, 0.15) is 33.5 Å². The SMILES string of the molecule is CS(=O)(=O)CCNCc1ccc(-c2ccc3ncnc(Nc4ccc(N5CCOCC5)cc4)c3c2)o1. The first-order chi connectivity index (χ1) is 17.4. The van der Waals surface area contributed by atoms with Gasteiger partial charge in [0.2, 0.25) is 0 Å². The molecule has 2 aromatic carbocycles. The zero-order valence-electron chi connectivity index (χ0n) is 20.1. The van der Waals surface area contributed by atoms with Gasteiger partial charge in [-0.1, -0.05) is 0 Å². The number of anilines is 3. The number of furan rings is 1. The number of nitrogens with one attached hydrogen (secondary N) is 2. The first-order valence-electron chi connectivity index (χ1n) is 11.9. The number of nitrogens with zero attached hydrogens (tertiary/aromatic N) is 3. The maximum Gasteiger partial charge on any atom is 0.148 e. The van der Waals surface area contributed by atoms with Crippen LogP contribution >= 0.6 is 0 Å². The van der Waals surface area contributed by atoms with Gasteiger partial charge in [-0.3, -0.25) is 0 Å². The number of fused-ring (bicyclic) bond motifs is 1. The Balaban J connectivity index is 1.31. The molecule has 9 nitrogen and oxygen atoms in total. The normalized spacial score (nSPS) is 14.3. The fourth-order valence-corrected chi connectivity index (χ4v) is 4.64. The Morgan fingerprint density at radius 2 is 1.81 bits per heavy atom. The van der Waals surface area contributed by atoms with Crippen LogP contribution < -0.4 is 15.5 Å². The van der Waals surface area contributed by atoms with E-state index in [0.717, 1.165) is 65.8 Å². The van der Waals surface area contributed by atoms with Crippen molar-refractivity contribution in [3.8, 4) is 11.3 Å². The molecule has 2 aromatic heterocycles. The second-order valence-electron chi connectivity index (χ2n) is 8.80. The minimum atomic E-state index is -2.99. The summed E-state index contributed by atoms with van der Waals surface area (Å²) >= 11 is 0. The van der Waals surface area contributed by atoms with Crippen molar-refractivity contribution in [3.63, 3.8) is 0 Å². The Labute approximate surface area is 210 Å². The average Bonchev–Trinajstić information content (AvgIpc) is 3.36. The lowest BCUT2D eigenvalue weighted by atomic mass is 10.1. The van der Waals surface area contributed by atoms with Crippen LogP contribution in [0.5, 0.6) is 0 Å². The Hall–Kier alpha value is -3.47. The zero-order chi connectivity index (χ0) is 25.0. The van der Waals surface area contributed by atoms with E-state index in [9.17, 15) is 8.42 Å². The number of rotatable bonds is 9. The highest BCUT2D eigenvalue weighted by molar-refractivity contribution is 7.90. The second-order valence-corrected chi connectivity index (χ2v) is 11.1. The molecule has 10 heteroatoms. The van der Waals surface area contributed by atoms with Crippen LogP contribution in [0.2, 0.25) is 0 Å². The molecular weight excluding hydrogens is 478 g/mol. The first-order valence-corrected chi connectivity index (χ1v) is 13.9. The number of benzene rings is 2. The van der Waals surface area contributed by atoms with Gasteiger partial charge in [0, 0.05) is 48.2 Å². The van der Waals surface area contributed by atoms with E-state index in [4.69, 9.17) is 9.15 Å². The minimum absolute atomic E-state index is 0.0942. The minimum Gasteiger partial charge on any atom is -0.460 e. The van der Waals surface area contributed by atoms with Gasteiger partial charge in [-0.2, -0.15) is 0 Å². The van der Waals surface area contributed by atoms with Crippen molar-refractivity contribution >= 4 is 37.9 Å². The van der Waals surface area contributed by atoms with E-state index in [0.29, 0.717) is 13.1 Å². The zero-order valence-corrected chi connectivity index (χ0v) is 20.9. The smallest absolute Gasteiger partial charge is 0.148 e. The lowest BCUT2D eigenvalue weighted by Crippen LogP contribution is -2.36. The summed E-state index contributed by atoms with van der Waals surface area (Å²) in [6.07, 6.45) is 2.78. The van der Waals surface area contributed by atoms with Crippen molar-refractivity contribution in [2.75, 3.05) is 55.1 Å². The number of aromatic nitrogens is 2. The summed E-state index contributed by atoms with van der Waals surface area (Å²) in [4.78, 5) is 11.2. The molecule has 0 aliphatic carbocycles. The lowest BCUT2D eigenvalue weighted by Gasteiger charge is -2.28. The molecule has 0 radical (unpaired) electrons. The third-order valence-corrected chi connectivity index (χ3v) is 6.98. The van der Waals surface area contributed by atoms with Crippen LogP contribution in [0.15, 0.2) is 65.3 Å². The summed E-state index contributed by atoms with van der Waals surface area (Å²) in [5, 5.41) is 7.41. The summed E-state index contributed by atoms with van der Waals surface area (Å²) in [6.45, 7) is 4.15. The topological polar surface area (TPSA) is 110 Å². The van der Waals surface area contributed by atoms with Crippen LogP contribution in [0, 0.1) is 0 Å². The van der Waals surface area contributed by atoms with E-state index in [1.54, 1.807) is 6.33 Å². The standard InChI is InChI=1S/C26H29N5O4S/c1-36(32,33)15-10-27-17-22-7-9-25(35-22)19-2-8-24-23(16-19)26(29-18-28-24)30-20-3-5-21(6-4-20)31-11-13-34-14-12-31/h2-9,16,18,27H,10-15,17H2,1H3,(H,28,29,30). The molecular formula is C26H29N5O4S. The van der Waals surface area contributed by atoms with Crippen molar-refractivity contribution in [2.45, 2.75) is 6.54 Å². The molecule has 2 N–H and O–H groups in total. The number of morpholine rings is 1. The molecule has 1 saturated heterocycles. The number of ether oxygens (including phenoxy) is 1. The van der Waals surface area contributed by atoms with E-state index in [1.807, 2.05) is 30.3 Å². The maximum atomic E-state index is 11.3. The van der Waals surface area contributed by atoms with E-state index in [1.165, 1.54) is 11.9 Å². The summed E-state index contributed by atoms with van der Waals surface area (Å²) < 4.78 is 34.0. The van der Waals surface area contributed by atoms with Gasteiger partial charge in [-0.15, -0.1) is 0 Å². The largest absolute Gasteiger partial charge is 0.460 e. The van der Waals surface area contributed by atoms with Gasteiger partial charge in [-0.05, 0) is 54.6 Å². The molecule has 3 heterocycles. The average molecular weight is 508 g/mol. The van der Waals surface area contributed by atoms with Crippen LogP contribution in [0.3, 0.4) is 0 Å². The predicted octanol–water partition coefficient (Wildman–Crippen LogP) is 3.60. The molecule has 0 saturated carbocycles. The van der Waals surface area contributed by atoms with E-state index in [2.05, 4.69) is 49.8 Å². The molecule has 4 aromatic rings. The molecule has 0 unspecified atom stereocenters. The molecule has 0 bridgehead atoms. The van der Waals surface area contributed by atoms with Gasteiger partial charge >= 0.3 is 0 Å². The quantitative estimate of drug-likeness (QED) is 0.328. The summed E-state index contributed by atoms with van der Waals surface area (Å²) in [6, 6.07) is 18.1. The van der Waals surface area contributed by atoms with E-state index < -0.39 is 9.84 Å². The van der Waals surface area contributed by atoms with Gasteiger partial charge in [0.25, 0.3) is 0 Å². The Bertz CT molecular complexity index is 1430. The molecule has 0 spiro atoms. The predicted molar refractivity (Wildman–Crippen MR) is 141 cm³/mol. The fraction of sp³-hybridized carbons (Fsp3) is 0.308. The Morgan fingerprint density at radius 3 is 2.58 bits per heavy atom. The molecule has 5 rings (SSSR count). The van der Waals surface area contributed by atoms with Crippen molar-refractivity contribution in [2.24, 2.45) is 0 Å².